The molecule has 1 aliphatic heterocycles. The number of rotatable bonds is 10. The van der Waals surface area contributed by atoms with Crippen molar-refractivity contribution in [1.29, 1.82) is 0 Å². The van der Waals surface area contributed by atoms with Crippen LogP contribution in [-0.4, -0.2) is 58.8 Å². The molecule has 0 spiro atoms. The highest BCUT2D eigenvalue weighted by Crippen LogP contribution is 2.25. The molecule has 0 saturated carbocycles. The van der Waals surface area contributed by atoms with Crippen molar-refractivity contribution in [2.75, 3.05) is 33.4 Å². The van der Waals surface area contributed by atoms with Crippen molar-refractivity contribution in [2.45, 2.75) is 38.4 Å². The molecular formula is C31H36N4O4. The molecule has 1 aliphatic rings. The van der Waals surface area contributed by atoms with Crippen LogP contribution in [0.5, 0.6) is 5.75 Å². The molecule has 1 fully saturated rings. The predicted molar refractivity (Wildman–Crippen MR) is 152 cm³/mol. The Hall–Kier alpha value is -4.04. The van der Waals surface area contributed by atoms with E-state index >= 15 is 0 Å². The second-order valence-electron chi connectivity index (χ2n) is 10.1. The summed E-state index contributed by atoms with van der Waals surface area (Å²) in [4.78, 5) is 32.4. The molecule has 1 amide bonds. The third kappa shape index (κ3) is 6.70. The number of carbonyl (C=O) groups is 1. The van der Waals surface area contributed by atoms with Crippen LogP contribution >= 0.6 is 0 Å². The molecule has 0 bridgehead atoms. The van der Waals surface area contributed by atoms with Gasteiger partial charge in [-0.25, -0.2) is 9.59 Å². The maximum absolute atomic E-state index is 12.8. The van der Waals surface area contributed by atoms with E-state index in [0.29, 0.717) is 19.7 Å². The molecule has 0 radical (unpaired) electrons. The average Bonchev–Trinajstić information content (AvgIpc) is 3.31. The number of nitrogens with zero attached hydrogens (tertiary/aromatic N) is 3. The molecule has 5 rings (SSSR count). The molecule has 2 heterocycles. The zero-order valence-electron chi connectivity index (χ0n) is 22.4. The summed E-state index contributed by atoms with van der Waals surface area (Å²) in [5.41, 5.74) is 4.09. The van der Waals surface area contributed by atoms with Gasteiger partial charge in [0.15, 0.2) is 0 Å². The summed E-state index contributed by atoms with van der Waals surface area (Å²) in [7, 11) is 1.68. The Kier molecular flexibility index (Phi) is 8.63. The van der Waals surface area contributed by atoms with Crippen molar-refractivity contribution in [3.8, 4) is 5.75 Å². The number of H-pyrrole nitrogens is 1. The number of benzene rings is 3. The first kappa shape index (κ1) is 26.6. The molecule has 3 aromatic carbocycles. The lowest BCUT2D eigenvalue weighted by Crippen LogP contribution is -2.41. The van der Waals surface area contributed by atoms with Crippen molar-refractivity contribution < 1.29 is 14.3 Å². The number of methoxy groups -OCH3 is 1. The number of likely N-dealkylation sites (tertiary alicyclic amines) is 1. The number of imidazole rings is 1. The topological polar surface area (TPSA) is 79.8 Å². The van der Waals surface area contributed by atoms with Crippen molar-refractivity contribution in [3.63, 3.8) is 0 Å². The first-order chi connectivity index (χ1) is 19.1. The monoisotopic (exact) mass is 528 g/mol. The van der Waals surface area contributed by atoms with Gasteiger partial charge < -0.3 is 19.4 Å². The molecule has 1 aromatic heterocycles. The SMILES string of the molecule is COc1cccc(CN(CCCOC(=O)N2CCC(n3c(=O)[nH]c4ccccc43)CC2)Cc2ccccc2)c1. The largest absolute Gasteiger partial charge is 0.497 e. The predicted octanol–water partition coefficient (Wildman–Crippen LogP) is 5.20. The number of hydrogen-bond donors (Lipinski definition) is 1. The van der Waals surface area contributed by atoms with Gasteiger partial charge in [-0.15, -0.1) is 0 Å². The third-order valence-electron chi connectivity index (χ3n) is 7.35. The Morgan fingerprint density at radius 3 is 2.46 bits per heavy atom. The summed E-state index contributed by atoms with van der Waals surface area (Å²) < 4.78 is 12.9. The van der Waals surface area contributed by atoms with Crippen LogP contribution in [0.4, 0.5) is 4.79 Å². The van der Waals surface area contributed by atoms with E-state index in [4.69, 9.17) is 9.47 Å². The molecule has 0 atom stereocenters. The first-order valence-electron chi connectivity index (χ1n) is 13.6. The van der Waals surface area contributed by atoms with Crippen LogP contribution in [0.3, 0.4) is 0 Å². The highest BCUT2D eigenvalue weighted by Gasteiger charge is 2.26. The molecule has 204 valence electrons. The minimum atomic E-state index is -0.276. The zero-order chi connectivity index (χ0) is 27.0. The van der Waals surface area contributed by atoms with E-state index in [1.54, 1.807) is 12.0 Å². The molecule has 8 heteroatoms. The lowest BCUT2D eigenvalue weighted by Gasteiger charge is -2.32. The van der Waals surface area contributed by atoms with Gasteiger partial charge >= 0.3 is 11.8 Å². The fraction of sp³-hybridized carbons (Fsp3) is 0.355. The molecule has 0 unspecified atom stereocenters. The van der Waals surface area contributed by atoms with Crippen molar-refractivity contribution >= 4 is 17.1 Å². The number of piperidine rings is 1. The van der Waals surface area contributed by atoms with Gasteiger partial charge in [-0.3, -0.25) is 9.47 Å². The lowest BCUT2D eigenvalue weighted by molar-refractivity contribution is 0.0840. The van der Waals surface area contributed by atoms with Crippen LogP contribution in [0.2, 0.25) is 0 Å². The van der Waals surface area contributed by atoms with Gasteiger partial charge in [0, 0.05) is 38.8 Å². The number of carbonyl (C=O) groups excluding carboxylic acids is 1. The van der Waals surface area contributed by atoms with Gasteiger partial charge in [0.05, 0.1) is 24.8 Å². The van der Waals surface area contributed by atoms with Crippen LogP contribution in [-0.2, 0) is 17.8 Å². The fourth-order valence-electron chi connectivity index (χ4n) is 5.37. The van der Waals surface area contributed by atoms with Crippen LogP contribution in [0.25, 0.3) is 11.0 Å². The van der Waals surface area contributed by atoms with E-state index < -0.39 is 0 Å². The lowest BCUT2D eigenvalue weighted by atomic mass is 10.0. The van der Waals surface area contributed by atoms with Crippen molar-refractivity contribution in [3.05, 3.63) is 100 Å². The maximum atomic E-state index is 12.8. The van der Waals surface area contributed by atoms with Gasteiger partial charge in [-0.1, -0.05) is 54.6 Å². The Morgan fingerprint density at radius 2 is 1.67 bits per heavy atom. The molecule has 39 heavy (non-hydrogen) atoms. The molecule has 1 saturated heterocycles. The van der Waals surface area contributed by atoms with Gasteiger partial charge in [-0.2, -0.15) is 0 Å². The standard InChI is InChI=1S/C31H36N4O4/c1-38-27-12-7-11-25(21-27)23-33(22-24-9-3-2-4-10-24)17-8-20-39-31(37)34-18-15-26(16-19-34)35-29-14-6-5-13-28(29)32-30(35)36/h2-7,9-14,21,26H,8,15-20,22-23H2,1H3,(H,32,36). The zero-order valence-corrected chi connectivity index (χ0v) is 22.4. The molecule has 4 aromatic rings. The van der Waals surface area contributed by atoms with Crippen LogP contribution in [0.1, 0.15) is 36.4 Å². The van der Waals surface area contributed by atoms with Crippen molar-refractivity contribution in [1.82, 2.24) is 19.4 Å². The minimum Gasteiger partial charge on any atom is -0.497 e. The van der Waals surface area contributed by atoms with Crippen molar-refractivity contribution in [2.24, 2.45) is 0 Å². The number of para-hydroxylation sites is 2. The van der Waals surface area contributed by atoms with Crippen LogP contribution < -0.4 is 10.4 Å². The van der Waals surface area contributed by atoms with E-state index in [0.717, 1.165) is 55.7 Å². The third-order valence-corrected chi connectivity index (χ3v) is 7.35. The number of aromatic amines is 1. The van der Waals surface area contributed by atoms with Crippen LogP contribution in [0.15, 0.2) is 83.7 Å². The normalized spacial score (nSPS) is 14.2. The average molecular weight is 529 g/mol. The number of nitrogens with one attached hydrogen (secondary N) is 1. The summed E-state index contributed by atoms with van der Waals surface area (Å²) in [6.45, 7) is 3.90. The van der Waals surface area contributed by atoms with E-state index in [1.165, 1.54) is 11.1 Å². The Bertz CT molecular complexity index is 1420. The van der Waals surface area contributed by atoms with Gasteiger partial charge in [-0.05, 0) is 54.7 Å². The maximum Gasteiger partial charge on any atom is 0.409 e. The van der Waals surface area contributed by atoms with E-state index in [1.807, 2.05) is 47.0 Å². The number of amides is 1. The second-order valence-corrected chi connectivity index (χ2v) is 10.1. The minimum absolute atomic E-state index is 0.0702. The number of ether oxygens (including phenoxy) is 2. The highest BCUT2D eigenvalue weighted by molar-refractivity contribution is 5.75. The second kappa shape index (κ2) is 12.7. The van der Waals surface area contributed by atoms with E-state index in [9.17, 15) is 9.59 Å². The van der Waals surface area contributed by atoms with E-state index in [-0.39, 0.29) is 17.8 Å². The number of fused-ring (bicyclic) bond motifs is 1. The van der Waals surface area contributed by atoms with Crippen LogP contribution in [0, 0.1) is 0 Å². The number of aromatic nitrogens is 2. The number of hydrogen-bond acceptors (Lipinski definition) is 5. The summed E-state index contributed by atoms with van der Waals surface area (Å²) in [5.74, 6) is 0.847. The Labute approximate surface area is 228 Å². The smallest absolute Gasteiger partial charge is 0.409 e. The Balaban J connectivity index is 1.11. The first-order valence-corrected chi connectivity index (χ1v) is 13.6. The van der Waals surface area contributed by atoms with Gasteiger partial charge in [0.1, 0.15) is 5.75 Å². The molecule has 0 aliphatic carbocycles. The highest BCUT2D eigenvalue weighted by atomic mass is 16.6. The molecule has 1 N–H and O–H groups in total. The quantitative estimate of drug-likeness (QED) is 0.286. The van der Waals surface area contributed by atoms with Gasteiger partial charge in [0.25, 0.3) is 0 Å². The fourth-order valence-corrected chi connectivity index (χ4v) is 5.37. The Morgan fingerprint density at radius 1 is 0.949 bits per heavy atom. The summed E-state index contributed by atoms with van der Waals surface area (Å²) in [5, 5.41) is 0. The summed E-state index contributed by atoms with van der Waals surface area (Å²) in [6.07, 6.45) is 1.91. The van der Waals surface area contributed by atoms with Gasteiger partial charge in [0.2, 0.25) is 0 Å². The molecular weight excluding hydrogens is 492 g/mol. The molecule has 8 nitrogen and oxygen atoms in total. The summed E-state index contributed by atoms with van der Waals surface area (Å²) >= 11 is 0. The summed E-state index contributed by atoms with van der Waals surface area (Å²) in [6, 6.07) is 26.3. The van der Waals surface area contributed by atoms with E-state index in [2.05, 4.69) is 46.3 Å².